The number of hydrogen-bond donors (Lipinski definition) is 0. The van der Waals surface area contributed by atoms with Crippen molar-refractivity contribution in [2.75, 3.05) is 26.2 Å². The SMILES string of the molecule is Cc1cccc(S(=O)(=O)N2CCN(C(=O)c3nnc(C)o3)CC2)c1. The van der Waals surface area contributed by atoms with Crippen LogP contribution in [0.1, 0.15) is 22.1 Å². The van der Waals surface area contributed by atoms with Gasteiger partial charge in [-0.1, -0.05) is 12.1 Å². The fraction of sp³-hybridized carbons (Fsp3) is 0.400. The van der Waals surface area contributed by atoms with Gasteiger partial charge >= 0.3 is 11.8 Å². The zero-order valence-electron chi connectivity index (χ0n) is 13.5. The lowest BCUT2D eigenvalue weighted by atomic mass is 10.2. The Balaban J connectivity index is 1.69. The molecule has 0 aliphatic carbocycles. The number of hydrogen-bond acceptors (Lipinski definition) is 6. The first-order valence-corrected chi connectivity index (χ1v) is 8.98. The lowest BCUT2D eigenvalue weighted by Gasteiger charge is -2.33. The monoisotopic (exact) mass is 350 g/mol. The predicted molar refractivity (Wildman–Crippen MR) is 84.9 cm³/mol. The molecule has 8 nitrogen and oxygen atoms in total. The van der Waals surface area contributed by atoms with Gasteiger partial charge in [-0.25, -0.2) is 8.42 Å². The lowest BCUT2D eigenvalue weighted by molar-refractivity contribution is 0.0656. The van der Waals surface area contributed by atoms with Crippen LogP contribution in [0.5, 0.6) is 0 Å². The zero-order valence-corrected chi connectivity index (χ0v) is 14.3. The summed E-state index contributed by atoms with van der Waals surface area (Å²) in [4.78, 5) is 14.0. The van der Waals surface area contributed by atoms with Crippen LogP contribution in [-0.4, -0.2) is 59.9 Å². The van der Waals surface area contributed by atoms with Crippen LogP contribution in [0.2, 0.25) is 0 Å². The molecule has 0 N–H and O–H groups in total. The summed E-state index contributed by atoms with van der Waals surface area (Å²) in [6.07, 6.45) is 0. The van der Waals surface area contributed by atoms with Crippen molar-refractivity contribution in [2.24, 2.45) is 0 Å². The number of aryl methyl sites for hydroxylation is 2. The number of rotatable bonds is 3. The van der Waals surface area contributed by atoms with Gasteiger partial charge in [0, 0.05) is 33.1 Å². The van der Waals surface area contributed by atoms with E-state index in [0.29, 0.717) is 5.89 Å². The van der Waals surface area contributed by atoms with E-state index in [1.807, 2.05) is 13.0 Å². The largest absolute Gasteiger partial charge is 0.417 e. The maximum absolute atomic E-state index is 12.7. The number of sulfonamides is 1. The Labute approximate surface area is 140 Å². The standard InChI is InChI=1S/C15H18N4O4S/c1-11-4-3-5-13(10-11)24(21,22)19-8-6-18(7-9-19)15(20)14-17-16-12(2)23-14/h3-5,10H,6-9H2,1-2H3. The highest BCUT2D eigenvalue weighted by Gasteiger charge is 2.31. The predicted octanol–water partition coefficient (Wildman–Crippen LogP) is 0.833. The fourth-order valence-electron chi connectivity index (χ4n) is 2.57. The second-order valence-electron chi connectivity index (χ2n) is 5.64. The first-order chi connectivity index (χ1) is 11.4. The van der Waals surface area contributed by atoms with Crippen LogP contribution in [0.4, 0.5) is 0 Å². The van der Waals surface area contributed by atoms with Gasteiger partial charge in [-0.15, -0.1) is 10.2 Å². The molecule has 1 saturated heterocycles. The topological polar surface area (TPSA) is 96.6 Å². The van der Waals surface area contributed by atoms with Gasteiger partial charge in [0.1, 0.15) is 0 Å². The normalized spacial score (nSPS) is 16.3. The summed E-state index contributed by atoms with van der Waals surface area (Å²) < 4.78 is 31.9. The number of amides is 1. The summed E-state index contributed by atoms with van der Waals surface area (Å²) in [7, 11) is -3.55. The van der Waals surface area contributed by atoms with Gasteiger partial charge in [-0.05, 0) is 24.6 Å². The van der Waals surface area contributed by atoms with Gasteiger partial charge in [0.15, 0.2) is 0 Å². The molecule has 1 fully saturated rings. The molecule has 1 amide bonds. The molecule has 0 unspecified atom stereocenters. The van der Waals surface area contributed by atoms with E-state index >= 15 is 0 Å². The summed E-state index contributed by atoms with van der Waals surface area (Å²) in [5.41, 5.74) is 0.886. The maximum atomic E-state index is 12.7. The third kappa shape index (κ3) is 3.17. The molecule has 24 heavy (non-hydrogen) atoms. The van der Waals surface area contributed by atoms with E-state index in [-0.39, 0.29) is 42.9 Å². The van der Waals surface area contributed by atoms with Crippen LogP contribution in [-0.2, 0) is 10.0 Å². The van der Waals surface area contributed by atoms with E-state index in [4.69, 9.17) is 4.42 Å². The second kappa shape index (κ2) is 6.33. The molecule has 1 aromatic heterocycles. The Morgan fingerprint density at radius 3 is 2.42 bits per heavy atom. The van der Waals surface area contributed by atoms with Crippen molar-refractivity contribution >= 4 is 15.9 Å². The van der Waals surface area contributed by atoms with Crippen molar-refractivity contribution in [2.45, 2.75) is 18.7 Å². The molecule has 1 aromatic carbocycles. The van der Waals surface area contributed by atoms with E-state index in [1.165, 1.54) is 9.21 Å². The molecular weight excluding hydrogens is 332 g/mol. The molecular formula is C15H18N4O4S. The molecule has 1 aliphatic rings. The molecule has 1 aliphatic heterocycles. The molecule has 0 bridgehead atoms. The molecule has 9 heteroatoms. The van der Waals surface area contributed by atoms with Crippen molar-refractivity contribution in [3.05, 3.63) is 41.6 Å². The Morgan fingerprint density at radius 2 is 1.83 bits per heavy atom. The van der Waals surface area contributed by atoms with Crippen molar-refractivity contribution < 1.29 is 17.6 Å². The van der Waals surface area contributed by atoms with E-state index in [9.17, 15) is 13.2 Å². The van der Waals surface area contributed by atoms with Crippen molar-refractivity contribution in [1.29, 1.82) is 0 Å². The minimum Gasteiger partial charge on any atom is -0.417 e. The third-order valence-corrected chi connectivity index (χ3v) is 5.76. The van der Waals surface area contributed by atoms with Gasteiger partial charge in [-0.2, -0.15) is 4.31 Å². The highest BCUT2D eigenvalue weighted by molar-refractivity contribution is 7.89. The average Bonchev–Trinajstić information content (AvgIpc) is 3.01. The van der Waals surface area contributed by atoms with Gasteiger partial charge in [0.05, 0.1) is 4.90 Å². The van der Waals surface area contributed by atoms with E-state index in [1.54, 1.807) is 25.1 Å². The number of benzene rings is 1. The molecule has 0 saturated carbocycles. The van der Waals surface area contributed by atoms with Crippen LogP contribution >= 0.6 is 0 Å². The van der Waals surface area contributed by atoms with Crippen LogP contribution < -0.4 is 0 Å². The van der Waals surface area contributed by atoms with E-state index in [2.05, 4.69) is 10.2 Å². The Kier molecular flexibility index (Phi) is 4.37. The summed E-state index contributed by atoms with van der Waals surface area (Å²) in [6.45, 7) is 4.49. The minimum atomic E-state index is -3.55. The summed E-state index contributed by atoms with van der Waals surface area (Å²) in [5.74, 6) is -0.121. The Hall–Kier alpha value is -2.26. The number of carbonyl (C=O) groups excluding carboxylic acids is 1. The number of piperazine rings is 1. The number of aromatic nitrogens is 2. The smallest absolute Gasteiger partial charge is 0.311 e. The highest BCUT2D eigenvalue weighted by Crippen LogP contribution is 2.19. The molecule has 2 heterocycles. The van der Waals surface area contributed by atoms with Crippen molar-refractivity contribution in [3.63, 3.8) is 0 Å². The van der Waals surface area contributed by atoms with E-state index in [0.717, 1.165) is 5.56 Å². The quantitative estimate of drug-likeness (QED) is 0.813. The van der Waals surface area contributed by atoms with Crippen LogP contribution in [0.25, 0.3) is 0 Å². The number of nitrogens with zero attached hydrogens (tertiary/aromatic N) is 4. The first kappa shape index (κ1) is 16.6. The highest BCUT2D eigenvalue weighted by atomic mass is 32.2. The molecule has 0 atom stereocenters. The molecule has 0 spiro atoms. The second-order valence-corrected chi connectivity index (χ2v) is 7.58. The first-order valence-electron chi connectivity index (χ1n) is 7.54. The van der Waals surface area contributed by atoms with E-state index < -0.39 is 10.0 Å². The van der Waals surface area contributed by atoms with Crippen LogP contribution in [0.3, 0.4) is 0 Å². The Morgan fingerprint density at radius 1 is 1.12 bits per heavy atom. The zero-order chi connectivity index (χ0) is 17.3. The Bertz CT molecular complexity index is 854. The lowest BCUT2D eigenvalue weighted by Crippen LogP contribution is -2.50. The fourth-order valence-corrected chi connectivity index (χ4v) is 4.10. The molecule has 3 rings (SSSR count). The average molecular weight is 350 g/mol. The van der Waals surface area contributed by atoms with Gasteiger partial charge in [0.25, 0.3) is 0 Å². The summed E-state index contributed by atoms with van der Waals surface area (Å²) in [5, 5.41) is 7.34. The summed E-state index contributed by atoms with van der Waals surface area (Å²) >= 11 is 0. The van der Waals surface area contributed by atoms with Crippen molar-refractivity contribution in [3.8, 4) is 0 Å². The minimum absolute atomic E-state index is 0.0671. The van der Waals surface area contributed by atoms with Crippen LogP contribution in [0, 0.1) is 13.8 Å². The van der Waals surface area contributed by atoms with Gasteiger partial charge < -0.3 is 9.32 Å². The van der Waals surface area contributed by atoms with Gasteiger partial charge in [0.2, 0.25) is 15.9 Å². The molecule has 2 aromatic rings. The summed E-state index contributed by atoms with van der Waals surface area (Å²) in [6, 6.07) is 6.80. The third-order valence-electron chi connectivity index (χ3n) is 3.86. The van der Waals surface area contributed by atoms with Crippen LogP contribution in [0.15, 0.2) is 33.6 Å². The van der Waals surface area contributed by atoms with Crippen molar-refractivity contribution in [1.82, 2.24) is 19.4 Å². The maximum Gasteiger partial charge on any atom is 0.311 e. The van der Waals surface area contributed by atoms with Gasteiger partial charge in [-0.3, -0.25) is 4.79 Å². The number of carbonyl (C=O) groups is 1. The molecule has 0 radical (unpaired) electrons. The molecule has 128 valence electrons.